The van der Waals surface area contributed by atoms with Crippen molar-refractivity contribution in [2.75, 3.05) is 0 Å². The van der Waals surface area contributed by atoms with Gasteiger partial charge in [0, 0.05) is 27.6 Å². The molecule has 4 rings (SSSR count). The van der Waals surface area contributed by atoms with Crippen LogP contribution in [0.2, 0.25) is 5.02 Å². The molecule has 0 atom stereocenters. The van der Waals surface area contributed by atoms with Crippen LogP contribution in [0.25, 0.3) is 33.3 Å². The van der Waals surface area contributed by atoms with Crippen molar-refractivity contribution in [3.63, 3.8) is 0 Å². The molecule has 0 spiro atoms. The van der Waals surface area contributed by atoms with E-state index in [0.717, 1.165) is 27.7 Å². The Labute approximate surface area is 155 Å². The Bertz CT molecular complexity index is 1130. The molecule has 0 aliphatic carbocycles. The van der Waals surface area contributed by atoms with Gasteiger partial charge in [-0.15, -0.1) is 0 Å². The molecule has 128 valence electrons. The number of phenolic OH excluding ortho intramolecular Hbond substituents is 1. The lowest BCUT2D eigenvalue weighted by Gasteiger charge is -2.09. The zero-order valence-electron chi connectivity index (χ0n) is 13.8. The highest BCUT2D eigenvalue weighted by Crippen LogP contribution is 2.39. The smallest absolute Gasteiger partial charge is 0.132 e. The zero-order chi connectivity index (χ0) is 18.3. The fourth-order valence-corrected chi connectivity index (χ4v) is 3.45. The van der Waals surface area contributed by atoms with Crippen LogP contribution in [0.1, 0.15) is 5.56 Å². The van der Waals surface area contributed by atoms with E-state index in [1.54, 1.807) is 6.07 Å². The maximum absolute atomic E-state index is 10.8. The molecule has 0 radical (unpaired) electrons. The summed E-state index contributed by atoms with van der Waals surface area (Å²) >= 11 is 6.40. The van der Waals surface area contributed by atoms with E-state index in [-0.39, 0.29) is 11.6 Å². The SMILES string of the molecule is N=C(N)c1ccc2[nH]c(-c3cccc(-c4ccccc4)c3O)cc2c1Cl. The third kappa shape index (κ3) is 2.61. The number of phenols is 1. The molecule has 0 fully saturated rings. The first kappa shape index (κ1) is 16.2. The van der Waals surface area contributed by atoms with Crippen LogP contribution in [-0.4, -0.2) is 15.9 Å². The first-order valence-corrected chi connectivity index (χ1v) is 8.47. The number of nitrogens with two attached hydrogens (primary N) is 1. The number of aromatic hydroxyl groups is 1. The lowest BCUT2D eigenvalue weighted by molar-refractivity contribution is 0.479. The van der Waals surface area contributed by atoms with Crippen molar-refractivity contribution in [2.24, 2.45) is 5.73 Å². The summed E-state index contributed by atoms with van der Waals surface area (Å²) in [5.41, 5.74) is 10.0. The molecule has 0 saturated heterocycles. The molecule has 5 N–H and O–H groups in total. The summed E-state index contributed by atoms with van der Waals surface area (Å²) in [6, 6.07) is 20.8. The van der Waals surface area contributed by atoms with Crippen molar-refractivity contribution in [2.45, 2.75) is 0 Å². The summed E-state index contributed by atoms with van der Waals surface area (Å²) in [6.45, 7) is 0. The highest BCUT2D eigenvalue weighted by molar-refractivity contribution is 6.38. The number of nitrogen functional groups attached to an aromatic ring is 1. The summed E-state index contributed by atoms with van der Waals surface area (Å²) in [5, 5.41) is 19.6. The fourth-order valence-electron chi connectivity index (χ4n) is 3.13. The van der Waals surface area contributed by atoms with Crippen molar-refractivity contribution in [1.82, 2.24) is 4.98 Å². The van der Waals surface area contributed by atoms with E-state index in [1.807, 2.05) is 60.7 Å². The number of aromatic nitrogens is 1. The lowest BCUT2D eigenvalue weighted by atomic mass is 10.00. The second-order valence-electron chi connectivity index (χ2n) is 6.05. The summed E-state index contributed by atoms with van der Waals surface area (Å²) in [5.74, 6) is 0.127. The number of benzene rings is 3. The van der Waals surface area contributed by atoms with Crippen molar-refractivity contribution in [1.29, 1.82) is 5.41 Å². The number of rotatable bonds is 3. The standard InChI is InChI=1S/C21H16ClN3O/c22-19-15(21(23)24)9-10-17-16(19)11-18(25-17)14-8-4-7-13(20(14)26)12-5-2-1-3-6-12/h1-11,25-26H,(H3,23,24). The maximum Gasteiger partial charge on any atom is 0.132 e. The highest BCUT2D eigenvalue weighted by Gasteiger charge is 2.15. The topological polar surface area (TPSA) is 85.9 Å². The van der Waals surface area contributed by atoms with Gasteiger partial charge in [0.25, 0.3) is 0 Å². The summed E-state index contributed by atoms with van der Waals surface area (Å²) in [7, 11) is 0. The van der Waals surface area contributed by atoms with Crippen LogP contribution in [0.3, 0.4) is 0 Å². The third-order valence-electron chi connectivity index (χ3n) is 4.44. The molecule has 0 bridgehead atoms. The molecule has 4 nitrogen and oxygen atoms in total. The molecule has 0 aliphatic rings. The Balaban J connectivity index is 1.89. The Kier molecular flexibility index (Phi) is 3.90. The van der Waals surface area contributed by atoms with Crippen LogP contribution in [0.4, 0.5) is 0 Å². The van der Waals surface area contributed by atoms with Crippen molar-refractivity contribution < 1.29 is 5.11 Å². The van der Waals surface area contributed by atoms with Gasteiger partial charge < -0.3 is 15.8 Å². The molecular weight excluding hydrogens is 346 g/mol. The lowest BCUT2D eigenvalue weighted by Crippen LogP contribution is -2.11. The van der Waals surface area contributed by atoms with Crippen LogP contribution >= 0.6 is 11.6 Å². The molecule has 0 amide bonds. The molecule has 3 aromatic carbocycles. The van der Waals surface area contributed by atoms with Gasteiger partial charge in [-0.3, -0.25) is 5.41 Å². The number of para-hydroxylation sites is 1. The van der Waals surface area contributed by atoms with Crippen LogP contribution in [0, 0.1) is 5.41 Å². The minimum atomic E-state index is -0.0754. The van der Waals surface area contributed by atoms with E-state index in [1.165, 1.54) is 0 Å². The molecule has 1 heterocycles. The van der Waals surface area contributed by atoms with Crippen molar-refractivity contribution in [3.8, 4) is 28.1 Å². The number of fused-ring (bicyclic) bond motifs is 1. The van der Waals surface area contributed by atoms with Gasteiger partial charge in [0.2, 0.25) is 0 Å². The molecule has 5 heteroatoms. The average Bonchev–Trinajstić information content (AvgIpc) is 3.07. The van der Waals surface area contributed by atoms with E-state index in [2.05, 4.69) is 4.98 Å². The number of halogens is 1. The van der Waals surface area contributed by atoms with Gasteiger partial charge in [-0.2, -0.15) is 0 Å². The monoisotopic (exact) mass is 361 g/mol. The normalized spacial score (nSPS) is 11.0. The van der Waals surface area contributed by atoms with E-state index in [9.17, 15) is 5.11 Å². The number of hydrogen-bond acceptors (Lipinski definition) is 2. The van der Waals surface area contributed by atoms with Crippen LogP contribution < -0.4 is 5.73 Å². The quantitative estimate of drug-likeness (QED) is 0.300. The summed E-state index contributed by atoms with van der Waals surface area (Å²) in [4.78, 5) is 3.28. The van der Waals surface area contributed by atoms with Gasteiger partial charge >= 0.3 is 0 Å². The molecule has 26 heavy (non-hydrogen) atoms. The Morgan fingerprint density at radius 2 is 1.69 bits per heavy atom. The van der Waals surface area contributed by atoms with Crippen molar-refractivity contribution >= 4 is 28.3 Å². The van der Waals surface area contributed by atoms with Gasteiger partial charge in [0.15, 0.2) is 0 Å². The van der Waals surface area contributed by atoms with E-state index in [4.69, 9.17) is 22.7 Å². The Morgan fingerprint density at radius 1 is 0.962 bits per heavy atom. The molecule has 1 aromatic heterocycles. The minimum absolute atomic E-state index is 0.0754. The molecule has 0 unspecified atom stereocenters. The minimum Gasteiger partial charge on any atom is -0.507 e. The molecular formula is C21H16ClN3O. The average molecular weight is 362 g/mol. The van der Waals surface area contributed by atoms with Gasteiger partial charge in [0.1, 0.15) is 11.6 Å². The van der Waals surface area contributed by atoms with Gasteiger partial charge in [0.05, 0.1) is 10.7 Å². The third-order valence-corrected chi connectivity index (χ3v) is 4.85. The van der Waals surface area contributed by atoms with Gasteiger partial charge in [-0.1, -0.05) is 54.1 Å². The Hall–Kier alpha value is -3.24. The number of aromatic amines is 1. The van der Waals surface area contributed by atoms with Crippen LogP contribution in [0.5, 0.6) is 5.75 Å². The van der Waals surface area contributed by atoms with Gasteiger partial charge in [-0.05, 0) is 29.8 Å². The summed E-state index contributed by atoms with van der Waals surface area (Å²) < 4.78 is 0. The first-order chi connectivity index (χ1) is 12.6. The van der Waals surface area contributed by atoms with Gasteiger partial charge in [-0.25, -0.2) is 0 Å². The molecule has 0 saturated carbocycles. The predicted molar refractivity (Wildman–Crippen MR) is 107 cm³/mol. The second-order valence-corrected chi connectivity index (χ2v) is 6.43. The number of H-pyrrole nitrogens is 1. The van der Waals surface area contributed by atoms with Crippen LogP contribution in [-0.2, 0) is 0 Å². The second kappa shape index (κ2) is 6.24. The largest absolute Gasteiger partial charge is 0.507 e. The predicted octanol–water partition coefficient (Wildman–Crippen LogP) is 5.14. The Morgan fingerprint density at radius 3 is 2.42 bits per heavy atom. The molecule has 0 aliphatic heterocycles. The zero-order valence-corrected chi connectivity index (χ0v) is 14.5. The number of hydrogen-bond donors (Lipinski definition) is 4. The van der Waals surface area contributed by atoms with E-state index >= 15 is 0 Å². The number of amidine groups is 1. The highest BCUT2D eigenvalue weighted by atomic mass is 35.5. The van der Waals surface area contributed by atoms with E-state index in [0.29, 0.717) is 16.1 Å². The maximum atomic E-state index is 10.8. The number of nitrogens with one attached hydrogen (secondary N) is 2. The van der Waals surface area contributed by atoms with Crippen LogP contribution in [0.15, 0.2) is 66.7 Å². The molecule has 4 aromatic rings. The fraction of sp³-hybridized carbons (Fsp3) is 0. The van der Waals surface area contributed by atoms with E-state index < -0.39 is 0 Å². The summed E-state index contributed by atoms with van der Waals surface area (Å²) in [6.07, 6.45) is 0. The van der Waals surface area contributed by atoms with Crippen molar-refractivity contribution in [3.05, 3.63) is 77.3 Å². The first-order valence-electron chi connectivity index (χ1n) is 8.09.